The maximum Gasteiger partial charge on any atom is 0.129 e. The van der Waals surface area contributed by atoms with Gasteiger partial charge in [-0.15, -0.1) is 0 Å². The lowest BCUT2D eigenvalue weighted by atomic mass is 10.1. The molecule has 100 valence electrons. The van der Waals surface area contributed by atoms with Crippen molar-refractivity contribution >= 4 is 10.9 Å². The molecule has 1 aromatic carbocycles. The first-order valence-electron chi connectivity index (χ1n) is 6.73. The summed E-state index contributed by atoms with van der Waals surface area (Å²) in [5, 5.41) is 1.02. The predicted molar refractivity (Wildman–Crippen MR) is 80.0 cm³/mol. The highest BCUT2D eigenvalue weighted by atomic mass is 14.9. The quantitative estimate of drug-likeness (QED) is 0.790. The first-order valence-corrected chi connectivity index (χ1v) is 6.73. The molecule has 4 heteroatoms. The molecule has 0 amide bonds. The molecule has 0 saturated carbocycles. The average molecular weight is 264 g/mol. The highest BCUT2D eigenvalue weighted by molar-refractivity contribution is 5.91. The van der Waals surface area contributed by atoms with Crippen LogP contribution in [0, 0.1) is 0 Å². The molecule has 2 N–H and O–H groups in total. The Bertz CT molecular complexity index is 752. The lowest BCUT2D eigenvalue weighted by Crippen LogP contribution is -2.00. The minimum Gasteiger partial charge on any atom is -0.326 e. The second-order valence-corrected chi connectivity index (χ2v) is 4.61. The van der Waals surface area contributed by atoms with E-state index in [1.165, 1.54) is 0 Å². The number of para-hydroxylation sites is 1. The van der Waals surface area contributed by atoms with Gasteiger partial charge in [0.25, 0.3) is 0 Å². The molecule has 0 bridgehead atoms. The van der Waals surface area contributed by atoms with Crippen LogP contribution in [0.25, 0.3) is 22.3 Å². The van der Waals surface area contributed by atoms with Gasteiger partial charge in [-0.05, 0) is 23.8 Å². The number of aromatic nitrogens is 3. The van der Waals surface area contributed by atoms with Crippen molar-refractivity contribution in [2.45, 2.75) is 19.9 Å². The Kier molecular flexibility index (Phi) is 3.39. The standard InChI is InChI=1S/C16H16N4/c1-2-15-19-13-6-4-3-5-12(13)16(20-15)14-9-11(10-17)7-8-18-14/h3-9H,2,10,17H2,1H3. The van der Waals surface area contributed by atoms with Gasteiger partial charge in [-0.2, -0.15) is 0 Å². The first-order chi connectivity index (χ1) is 9.81. The number of pyridine rings is 1. The number of aryl methyl sites for hydroxylation is 1. The molecular formula is C16H16N4. The Morgan fingerprint density at radius 1 is 1.10 bits per heavy atom. The molecule has 2 aromatic heterocycles. The van der Waals surface area contributed by atoms with E-state index in [0.29, 0.717) is 6.54 Å². The highest BCUT2D eigenvalue weighted by Crippen LogP contribution is 2.25. The normalized spacial score (nSPS) is 10.9. The summed E-state index contributed by atoms with van der Waals surface area (Å²) in [6, 6.07) is 11.9. The number of nitrogens with zero attached hydrogens (tertiary/aromatic N) is 3. The SMILES string of the molecule is CCc1nc(-c2cc(CN)ccn2)c2ccccc2n1. The molecule has 2 heterocycles. The minimum atomic E-state index is 0.499. The van der Waals surface area contributed by atoms with Crippen LogP contribution in [0.4, 0.5) is 0 Å². The van der Waals surface area contributed by atoms with Gasteiger partial charge >= 0.3 is 0 Å². The molecule has 20 heavy (non-hydrogen) atoms. The van der Waals surface area contributed by atoms with E-state index in [4.69, 9.17) is 5.73 Å². The van der Waals surface area contributed by atoms with Gasteiger partial charge in [-0.3, -0.25) is 4.98 Å². The van der Waals surface area contributed by atoms with Gasteiger partial charge in [-0.1, -0.05) is 25.1 Å². The summed E-state index contributed by atoms with van der Waals surface area (Å²) < 4.78 is 0. The van der Waals surface area contributed by atoms with Gasteiger partial charge in [0.2, 0.25) is 0 Å². The fourth-order valence-corrected chi connectivity index (χ4v) is 2.21. The van der Waals surface area contributed by atoms with Gasteiger partial charge in [0.05, 0.1) is 11.2 Å². The fraction of sp³-hybridized carbons (Fsp3) is 0.188. The smallest absolute Gasteiger partial charge is 0.129 e. The molecule has 0 saturated heterocycles. The summed E-state index contributed by atoms with van der Waals surface area (Å²) in [5.41, 5.74) is 9.44. The van der Waals surface area contributed by atoms with Crippen LogP contribution in [0.15, 0.2) is 42.6 Å². The topological polar surface area (TPSA) is 64.7 Å². The zero-order chi connectivity index (χ0) is 13.9. The molecule has 3 aromatic rings. The van der Waals surface area contributed by atoms with Crippen molar-refractivity contribution in [2.75, 3.05) is 0 Å². The average Bonchev–Trinajstić information content (AvgIpc) is 2.53. The van der Waals surface area contributed by atoms with E-state index < -0.39 is 0 Å². The van der Waals surface area contributed by atoms with Crippen molar-refractivity contribution in [3.05, 3.63) is 54.0 Å². The summed E-state index contributed by atoms with van der Waals surface area (Å²) in [6.45, 7) is 2.55. The van der Waals surface area contributed by atoms with E-state index in [9.17, 15) is 0 Å². The van der Waals surface area contributed by atoms with Crippen molar-refractivity contribution in [3.8, 4) is 11.4 Å². The van der Waals surface area contributed by atoms with Gasteiger partial charge in [-0.25, -0.2) is 9.97 Å². The molecule has 0 unspecified atom stereocenters. The Balaban J connectivity index is 2.28. The molecule has 0 aliphatic rings. The van der Waals surface area contributed by atoms with E-state index in [1.54, 1.807) is 6.20 Å². The van der Waals surface area contributed by atoms with Gasteiger partial charge in [0.1, 0.15) is 11.5 Å². The van der Waals surface area contributed by atoms with Crippen LogP contribution in [-0.2, 0) is 13.0 Å². The minimum absolute atomic E-state index is 0.499. The lowest BCUT2D eigenvalue weighted by Gasteiger charge is -2.08. The summed E-state index contributed by atoms with van der Waals surface area (Å²) in [5.74, 6) is 0.832. The molecule has 0 fully saturated rings. The highest BCUT2D eigenvalue weighted by Gasteiger charge is 2.10. The van der Waals surface area contributed by atoms with E-state index in [1.807, 2.05) is 36.4 Å². The summed E-state index contributed by atoms with van der Waals surface area (Å²) in [7, 11) is 0. The van der Waals surface area contributed by atoms with E-state index in [2.05, 4.69) is 21.9 Å². The van der Waals surface area contributed by atoms with Crippen LogP contribution in [0.2, 0.25) is 0 Å². The second kappa shape index (κ2) is 5.35. The summed E-state index contributed by atoms with van der Waals surface area (Å²) in [6.07, 6.45) is 2.58. The van der Waals surface area contributed by atoms with Gasteiger partial charge in [0.15, 0.2) is 0 Å². The third kappa shape index (κ3) is 2.26. The van der Waals surface area contributed by atoms with Crippen molar-refractivity contribution in [3.63, 3.8) is 0 Å². The van der Waals surface area contributed by atoms with Crippen LogP contribution in [0.5, 0.6) is 0 Å². The summed E-state index contributed by atoms with van der Waals surface area (Å²) >= 11 is 0. The Labute approximate surface area is 117 Å². The van der Waals surface area contributed by atoms with Crippen LogP contribution in [0.3, 0.4) is 0 Å². The van der Waals surface area contributed by atoms with Crippen molar-refractivity contribution in [1.82, 2.24) is 15.0 Å². The third-order valence-corrected chi connectivity index (χ3v) is 3.27. The number of hydrogen-bond acceptors (Lipinski definition) is 4. The molecule has 0 atom stereocenters. The monoisotopic (exact) mass is 264 g/mol. The zero-order valence-electron chi connectivity index (χ0n) is 11.4. The Morgan fingerprint density at radius 2 is 1.95 bits per heavy atom. The number of nitrogens with two attached hydrogens (primary N) is 1. The van der Waals surface area contributed by atoms with Crippen LogP contribution >= 0.6 is 0 Å². The van der Waals surface area contributed by atoms with Gasteiger partial charge < -0.3 is 5.73 Å². The Hall–Kier alpha value is -2.33. The maximum absolute atomic E-state index is 5.70. The van der Waals surface area contributed by atoms with Crippen LogP contribution < -0.4 is 5.73 Å². The first kappa shape index (κ1) is 12.7. The molecule has 0 radical (unpaired) electrons. The Morgan fingerprint density at radius 3 is 2.75 bits per heavy atom. The third-order valence-electron chi connectivity index (χ3n) is 3.27. The molecule has 0 spiro atoms. The van der Waals surface area contributed by atoms with Crippen molar-refractivity contribution in [1.29, 1.82) is 0 Å². The lowest BCUT2D eigenvalue weighted by molar-refractivity contribution is 0.960. The largest absolute Gasteiger partial charge is 0.326 e. The van der Waals surface area contributed by atoms with Crippen molar-refractivity contribution in [2.24, 2.45) is 5.73 Å². The van der Waals surface area contributed by atoms with Gasteiger partial charge in [0, 0.05) is 24.5 Å². The number of fused-ring (bicyclic) bond motifs is 1. The molecular weight excluding hydrogens is 248 g/mol. The maximum atomic E-state index is 5.70. The van der Waals surface area contributed by atoms with E-state index in [0.717, 1.165) is 40.1 Å². The zero-order valence-corrected chi connectivity index (χ0v) is 11.4. The number of rotatable bonds is 3. The van der Waals surface area contributed by atoms with Crippen LogP contribution in [0.1, 0.15) is 18.3 Å². The summed E-state index contributed by atoms with van der Waals surface area (Å²) in [4.78, 5) is 13.6. The predicted octanol–water partition coefficient (Wildman–Crippen LogP) is 2.71. The molecule has 0 aliphatic heterocycles. The van der Waals surface area contributed by atoms with E-state index in [-0.39, 0.29) is 0 Å². The van der Waals surface area contributed by atoms with Crippen molar-refractivity contribution < 1.29 is 0 Å². The molecule has 4 nitrogen and oxygen atoms in total. The molecule has 3 rings (SSSR count). The van der Waals surface area contributed by atoms with E-state index >= 15 is 0 Å². The fourth-order valence-electron chi connectivity index (χ4n) is 2.21. The molecule has 0 aliphatic carbocycles. The number of benzene rings is 1. The van der Waals surface area contributed by atoms with Crippen LogP contribution in [-0.4, -0.2) is 15.0 Å². The second-order valence-electron chi connectivity index (χ2n) is 4.61. The number of hydrogen-bond donors (Lipinski definition) is 1.